The highest BCUT2D eigenvalue weighted by Gasteiger charge is 2.23. The van der Waals surface area contributed by atoms with Gasteiger partial charge in [-0.25, -0.2) is 0 Å². The first-order valence-corrected chi connectivity index (χ1v) is 8.21. The summed E-state index contributed by atoms with van der Waals surface area (Å²) in [6.45, 7) is 2.18. The molecule has 0 saturated heterocycles. The number of fused-ring (bicyclic) bond motifs is 1. The molecule has 1 nitrogen and oxygen atoms in total. The van der Waals surface area contributed by atoms with Crippen LogP contribution in [0, 0.1) is 0 Å². The predicted octanol–water partition coefficient (Wildman–Crippen LogP) is 5.30. The van der Waals surface area contributed by atoms with Gasteiger partial charge in [-0.2, -0.15) is 0 Å². The molecule has 0 bridgehead atoms. The van der Waals surface area contributed by atoms with Crippen molar-refractivity contribution in [2.24, 2.45) is 0 Å². The fourth-order valence-corrected chi connectivity index (χ4v) is 3.33. The second-order valence-corrected chi connectivity index (χ2v) is 5.90. The van der Waals surface area contributed by atoms with E-state index in [4.69, 9.17) is 0 Å². The normalized spacial score (nSPS) is 16.9. The Kier molecular flexibility index (Phi) is 4.53. The molecule has 1 aliphatic carbocycles. The number of hydrogen-bond acceptors (Lipinski definition) is 1. The Hall–Kier alpha value is -2.15. The molecule has 3 rings (SSSR count). The van der Waals surface area contributed by atoms with Crippen LogP contribution in [0.4, 0.5) is 0 Å². The molecule has 2 aromatic rings. The van der Waals surface area contributed by atoms with Crippen LogP contribution < -0.4 is 0 Å². The third-order valence-corrected chi connectivity index (χ3v) is 4.34. The molecule has 0 spiro atoms. The van der Waals surface area contributed by atoms with E-state index in [0.29, 0.717) is 12.2 Å². The monoisotopic (exact) mass is 290 g/mol. The lowest BCUT2D eigenvalue weighted by molar-refractivity contribution is -0.113. The molecule has 0 saturated carbocycles. The van der Waals surface area contributed by atoms with Gasteiger partial charge >= 0.3 is 0 Å². The van der Waals surface area contributed by atoms with E-state index in [1.165, 1.54) is 16.7 Å². The first-order chi connectivity index (χ1) is 10.8. The number of ketones is 1. The number of carbonyl (C=O) groups excluding carboxylic acids is 1. The Labute approximate surface area is 132 Å². The van der Waals surface area contributed by atoms with Crippen LogP contribution in [0.2, 0.25) is 0 Å². The van der Waals surface area contributed by atoms with Crippen LogP contribution in [0.25, 0.3) is 11.1 Å². The summed E-state index contributed by atoms with van der Waals surface area (Å²) in [5.74, 6) is 0.303. The van der Waals surface area contributed by atoms with Crippen LogP contribution in [0.15, 0.2) is 54.6 Å². The van der Waals surface area contributed by atoms with Crippen molar-refractivity contribution >= 4 is 16.9 Å². The molecule has 0 amide bonds. The van der Waals surface area contributed by atoms with Crippen LogP contribution in [0.1, 0.15) is 49.3 Å². The molecule has 0 aromatic heterocycles. The van der Waals surface area contributed by atoms with E-state index in [9.17, 15) is 4.79 Å². The molecule has 1 heteroatoms. The lowest BCUT2D eigenvalue weighted by Gasteiger charge is -2.15. The minimum atomic E-state index is 0.303. The van der Waals surface area contributed by atoms with E-state index >= 15 is 0 Å². The van der Waals surface area contributed by atoms with Crippen molar-refractivity contribution in [3.05, 3.63) is 71.3 Å². The van der Waals surface area contributed by atoms with Crippen LogP contribution in [0.5, 0.6) is 0 Å². The molecule has 0 aliphatic heterocycles. The minimum absolute atomic E-state index is 0.303. The van der Waals surface area contributed by atoms with Gasteiger partial charge in [0.25, 0.3) is 0 Å². The molecule has 0 N–H and O–H groups in total. The summed E-state index contributed by atoms with van der Waals surface area (Å²) >= 11 is 0. The zero-order valence-electron chi connectivity index (χ0n) is 13.1. The lowest BCUT2D eigenvalue weighted by atomic mass is 9.88. The number of benzene rings is 2. The van der Waals surface area contributed by atoms with E-state index in [1.54, 1.807) is 0 Å². The van der Waals surface area contributed by atoms with E-state index in [-0.39, 0.29) is 0 Å². The van der Waals surface area contributed by atoms with Crippen LogP contribution in [-0.4, -0.2) is 5.78 Å². The van der Waals surface area contributed by atoms with Gasteiger partial charge in [0.1, 0.15) is 0 Å². The Morgan fingerprint density at radius 2 is 1.68 bits per heavy atom. The van der Waals surface area contributed by atoms with Gasteiger partial charge in [0.05, 0.1) is 0 Å². The summed E-state index contributed by atoms with van der Waals surface area (Å²) in [7, 11) is 0. The zero-order valence-corrected chi connectivity index (χ0v) is 13.1. The molecule has 2 aromatic carbocycles. The van der Waals surface area contributed by atoms with Gasteiger partial charge in [0.2, 0.25) is 0 Å². The summed E-state index contributed by atoms with van der Waals surface area (Å²) in [6, 6.07) is 18.8. The van der Waals surface area contributed by atoms with Crippen molar-refractivity contribution in [3.63, 3.8) is 0 Å². The molecule has 0 radical (unpaired) electrons. The van der Waals surface area contributed by atoms with Gasteiger partial charge in [0, 0.05) is 12.0 Å². The van der Waals surface area contributed by atoms with E-state index in [1.807, 2.05) is 12.1 Å². The smallest absolute Gasteiger partial charge is 0.163 e. The first kappa shape index (κ1) is 14.8. The highest BCUT2D eigenvalue weighted by molar-refractivity contribution is 6.28. The summed E-state index contributed by atoms with van der Waals surface area (Å²) < 4.78 is 0. The molecule has 0 unspecified atom stereocenters. The van der Waals surface area contributed by atoms with Crippen LogP contribution in [-0.2, 0) is 11.2 Å². The topological polar surface area (TPSA) is 17.1 Å². The van der Waals surface area contributed by atoms with Gasteiger partial charge in [-0.15, -0.1) is 0 Å². The van der Waals surface area contributed by atoms with Crippen LogP contribution >= 0.6 is 0 Å². The van der Waals surface area contributed by atoms with Crippen LogP contribution in [0.3, 0.4) is 0 Å². The minimum Gasteiger partial charge on any atom is -0.294 e. The maximum absolute atomic E-state index is 12.8. The molecule has 0 heterocycles. The maximum atomic E-state index is 12.8. The standard InChI is InChI=1S/C21H22O/c1-2-9-18(16-10-4-3-5-11-16)21-19-14-7-6-12-17(19)13-8-15-20(21)22/h3-7,10-12,14H,2,8-9,13,15H2,1H3/b21-18+. The average Bonchev–Trinajstić information content (AvgIpc) is 2.72. The largest absolute Gasteiger partial charge is 0.294 e. The average molecular weight is 290 g/mol. The van der Waals surface area contributed by atoms with Gasteiger partial charge in [-0.1, -0.05) is 67.9 Å². The van der Waals surface area contributed by atoms with Crippen molar-refractivity contribution in [1.82, 2.24) is 0 Å². The molecule has 22 heavy (non-hydrogen) atoms. The van der Waals surface area contributed by atoms with E-state index < -0.39 is 0 Å². The van der Waals surface area contributed by atoms with Gasteiger partial charge in [-0.05, 0) is 41.5 Å². The number of allylic oxidation sites excluding steroid dienone is 2. The second kappa shape index (κ2) is 6.74. The van der Waals surface area contributed by atoms with Gasteiger partial charge in [0.15, 0.2) is 5.78 Å². The zero-order chi connectivity index (χ0) is 15.4. The van der Waals surface area contributed by atoms with Crippen molar-refractivity contribution in [2.75, 3.05) is 0 Å². The van der Waals surface area contributed by atoms with Gasteiger partial charge in [-0.3, -0.25) is 4.79 Å². The third kappa shape index (κ3) is 2.89. The van der Waals surface area contributed by atoms with E-state index in [2.05, 4.69) is 49.4 Å². The number of hydrogen-bond donors (Lipinski definition) is 0. The molecule has 0 atom stereocenters. The fourth-order valence-electron chi connectivity index (χ4n) is 3.33. The lowest BCUT2D eigenvalue weighted by Crippen LogP contribution is -2.04. The summed E-state index contributed by atoms with van der Waals surface area (Å²) in [5, 5.41) is 0. The number of rotatable bonds is 3. The number of carbonyl (C=O) groups is 1. The SMILES string of the molecule is CCC/C(=C1\C(=O)CCCc2ccccc21)c1ccccc1. The molecule has 0 fully saturated rings. The summed E-state index contributed by atoms with van der Waals surface area (Å²) in [5.41, 5.74) is 5.82. The Bertz CT molecular complexity index is 695. The molecule has 112 valence electrons. The Balaban J connectivity index is 2.25. The van der Waals surface area contributed by atoms with Crippen molar-refractivity contribution in [3.8, 4) is 0 Å². The summed E-state index contributed by atoms with van der Waals surface area (Å²) in [4.78, 5) is 12.8. The second-order valence-electron chi connectivity index (χ2n) is 5.90. The highest BCUT2D eigenvalue weighted by Crippen LogP contribution is 2.35. The Morgan fingerprint density at radius 3 is 2.45 bits per heavy atom. The highest BCUT2D eigenvalue weighted by atomic mass is 16.1. The van der Waals surface area contributed by atoms with Crippen molar-refractivity contribution < 1.29 is 4.79 Å². The summed E-state index contributed by atoms with van der Waals surface area (Å²) in [6.07, 6.45) is 4.60. The molecular formula is C21H22O. The van der Waals surface area contributed by atoms with E-state index in [0.717, 1.165) is 36.8 Å². The van der Waals surface area contributed by atoms with Crippen molar-refractivity contribution in [1.29, 1.82) is 0 Å². The molecule has 1 aliphatic rings. The van der Waals surface area contributed by atoms with Crippen molar-refractivity contribution in [2.45, 2.75) is 39.0 Å². The number of aryl methyl sites for hydroxylation is 1. The maximum Gasteiger partial charge on any atom is 0.163 e. The Morgan fingerprint density at radius 1 is 0.955 bits per heavy atom. The fraction of sp³-hybridized carbons (Fsp3) is 0.286. The first-order valence-electron chi connectivity index (χ1n) is 8.21. The molecular weight excluding hydrogens is 268 g/mol. The van der Waals surface area contributed by atoms with Gasteiger partial charge < -0.3 is 0 Å². The quantitative estimate of drug-likeness (QED) is 0.553. The number of Topliss-reactive ketones (excluding diaryl/α,β-unsaturated/α-hetero) is 1. The third-order valence-electron chi connectivity index (χ3n) is 4.34. The predicted molar refractivity (Wildman–Crippen MR) is 92.6 cm³/mol.